The zero-order chi connectivity index (χ0) is 21.9. The van der Waals surface area contributed by atoms with Crippen molar-refractivity contribution in [3.8, 4) is 0 Å². The second kappa shape index (κ2) is 9.04. The Bertz CT molecular complexity index is 809. The van der Waals surface area contributed by atoms with Gasteiger partial charge in [0.1, 0.15) is 0 Å². The van der Waals surface area contributed by atoms with Crippen molar-refractivity contribution in [3.63, 3.8) is 0 Å². The van der Waals surface area contributed by atoms with Crippen LogP contribution < -0.4 is 10.6 Å². The van der Waals surface area contributed by atoms with E-state index in [1.165, 1.54) is 6.07 Å². The van der Waals surface area contributed by atoms with Crippen LogP contribution in [-0.4, -0.2) is 38.2 Å². The number of nitrogens with one attached hydrogen (secondary N) is 2. The van der Waals surface area contributed by atoms with Crippen LogP contribution in [0.15, 0.2) is 29.2 Å². The van der Waals surface area contributed by atoms with E-state index in [1.54, 1.807) is 0 Å². The monoisotopic (exact) mass is 434 g/mol. The Morgan fingerprint density at radius 3 is 2.28 bits per heavy atom. The molecule has 1 aliphatic rings. The van der Waals surface area contributed by atoms with E-state index >= 15 is 0 Å². The minimum absolute atomic E-state index is 0.0910. The summed E-state index contributed by atoms with van der Waals surface area (Å²) in [6.45, 7) is 5.91. The van der Waals surface area contributed by atoms with Gasteiger partial charge in [-0.2, -0.15) is 13.2 Å². The van der Waals surface area contributed by atoms with E-state index in [0.29, 0.717) is 18.9 Å². The summed E-state index contributed by atoms with van der Waals surface area (Å²) >= 11 is 0. The maximum atomic E-state index is 12.8. The topological polar surface area (TPSA) is 75.3 Å². The molecule has 1 amide bonds. The fourth-order valence-corrected chi connectivity index (χ4v) is 5.24. The Hall–Kier alpha value is -1.61. The molecule has 0 heterocycles. The fourth-order valence-electron chi connectivity index (χ4n) is 3.51. The molecule has 29 heavy (non-hydrogen) atoms. The van der Waals surface area contributed by atoms with Crippen LogP contribution in [0.3, 0.4) is 0 Å². The quantitative estimate of drug-likeness (QED) is 0.718. The molecule has 5 nitrogen and oxygen atoms in total. The van der Waals surface area contributed by atoms with Crippen LogP contribution in [0.1, 0.15) is 52.0 Å². The molecule has 0 spiro atoms. The van der Waals surface area contributed by atoms with Crippen LogP contribution >= 0.6 is 0 Å². The van der Waals surface area contributed by atoms with Crippen molar-refractivity contribution in [1.29, 1.82) is 0 Å². The lowest BCUT2D eigenvalue weighted by atomic mass is 9.87. The molecule has 9 heteroatoms. The van der Waals surface area contributed by atoms with Gasteiger partial charge in [0.05, 0.1) is 22.8 Å². The van der Waals surface area contributed by atoms with Crippen molar-refractivity contribution in [2.75, 3.05) is 12.3 Å². The minimum atomic E-state index is -4.57. The molecular formula is C20H29F3N2O3S. The molecule has 2 rings (SSSR count). The molecule has 0 aliphatic heterocycles. The number of sulfone groups is 1. The predicted octanol–water partition coefficient (Wildman–Crippen LogP) is 3.54. The number of benzene rings is 1. The lowest BCUT2D eigenvalue weighted by molar-refractivity contribution is -0.137. The maximum absolute atomic E-state index is 12.8. The molecular weight excluding hydrogens is 405 g/mol. The van der Waals surface area contributed by atoms with Gasteiger partial charge in [-0.3, -0.25) is 4.79 Å². The van der Waals surface area contributed by atoms with E-state index < -0.39 is 21.6 Å². The zero-order valence-electron chi connectivity index (χ0n) is 17.0. The summed E-state index contributed by atoms with van der Waals surface area (Å²) in [6.07, 6.45) is -1.82. The highest BCUT2D eigenvalue weighted by Crippen LogP contribution is 2.32. The first-order valence-corrected chi connectivity index (χ1v) is 11.4. The Kier molecular flexibility index (Phi) is 7.37. The molecule has 0 saturated heterocycles. The van der Waals surface area contributed by atoms with Crippen molar-refractivity contribution in [1.82, 2.24) is 10.6 Å². The van der Waals surface area contributed by atoms with Crippen LogP contribution in [-0.2, 0) is 20.8 Å². The fraction of sp³-hybridized carbons (Fsp3) is 0.650. The predicted molar refractivity (Wildman–Crippen MR) is 105 cm³/mol. The Morgan fingerprint density at radius 2 is 1.72 bits per heavy atom. The van der Waals surface area contributed by atoms with E-state index in [4.69, 9.17) is 0 Å². The highest BCUT2D eigenvalue weighted by Gasteiger charge is 2.32. The number of hydrogen-bond donors (Lipinski definition) is 2. The molecule has 1 aromatic carbocycles. The summed E-state index contributed by atoms with van der Waals surface area (Å²) in [5, 5.41) is 6.07. The van der Waals surface area contributed by atoms with Crippen molar-refractivity contribution >= 4 is 15.7 Å². The highest BCUT2D eigenvalue weighted by atomic mass is 32.2. The normalized spacial score (nSPS) is 21.0. The first kappa shape index (κ1) is 23.7. The van der Waals surface area contributed by atoms with E-state index in [1.807, 2.05) is 20.8 Å². The third-order valence-corrected chi connectivity index (χ3v) is 6.77. The largest absolute Gasteiger partial charge is 0.416 e. The van der Waals surface area contributed by atoms with Gasteiger partial charge in [-0.15, -0.1) is 0 Å². The van der Waals surface area contributed by atoms with Crippen molar-refractivity contribution in [3.05, 3.63) is 29.8 Å². The lowest BCUT2D eigenvalue weighted by Crippen LogP contribution is -2.47. The molecule has 1 aliphatic carbocycles. The molecule has 0 atom stereocenters. The Morgan fingerprint density at radius 1 is 1.10 bits per heavy atom. The minimum Gasteiger partial charge on any atom is -0.350 e. The highest BCUT2D eigenvalue weighted by molar-refractivity contribution is 7.91. The van der Waals surface area contributed by atoms with E-state index in [9.17, 15) is 26.4 Å². The van der Waals surface area contributed by atoms with Crippen molar-refractivity contribution in [2.24, 2.45) is 5.92 Å². The van der Waals surface area contributed by atoms with Crippen molar-refractivity contribution in [2.45, 2.75) is 69.1 Å². The van der Waals surface area contributed by atoms with Gasteiger partial charge >= 0.3 is 6.18 Å². The number of rotatable bonds is 6. The number of halogens is 3. The standard InChI is InChI=1S/C20H29F3N2O3S/c1-19(2,3)25-18(26)12-24-16-9-7-14(8-10-16)13-29(27,28)17-6-4-5-15(11-17)20(21,22)23/h4-6,11,14,16,24H,7-10,12-13H2,1-3H3,(H,25,26)/t14-,16-. The SMILES string of the molecule is CC(C)(C)NC(=O)CN[C@H]1CC[C@H](CS(=O)(=O)c2cccc(C(F)(F)F)c2)CC1. The van der Waals surface area contributed by atoms with Crippen LogP contribution in [0.4, 0.5) is 13.2 Å². The second-order valence-corrected chi connectivity index (χ2v) is 10.7. The number of carbonyl (C=O) groups is 1. The summed E-state index contributed by atoms with van der Waals surface area (Å²) in [5.41, 5.74) is -1.26. The molecule has 0 bridgehead atoms. The molecule has 164 valence electrons. The molecule has 0 radical (unpaired) electrons. The number of hydrogen-bond acceptors (Lipinski definition) is 4. The summed E-state index contributed by atoms with van der Waals surface area (Å²) in [7, 11) is -3.79. The third kappa shape index (κ3) is 7.62. The lowest BCUT2D eigenvalue weighted by Gasteiger charge is -2.29. The smallest absolute Gasteiger partial charge is 0.350 e. The summed E-state index contributed by atoms with van der Waals surface area (Å²) < 4.78 is 63.7. The first-order valence-electron chi connectivity index (χ1n) is 9.71. The van der Waals surface area contributed by atoms with Crippen LogP contribution in [0, 0.1) is 5.92 Å². The molecule has 0 unspecified atom stereocenters. The van der Waals surface area contributed by atoms with Crippen LogP contribution in [0.5, 0.6) is 0 Å². The van der Waals surface area contributed by atoms with Gasteiger partial charge in [-0.1, -0.05) is 6.07 Å². The van der Waals surface area contributed by atoms with Gasteiger partial charge in [0.25, 0.3) is 0 Å². The van der Waals surface area contributed by atoms with E-state index in [-0.39, 0.29) is 40.6 Å². The Balaban J connectivity index is 1.86. The molecule has 0 aromatic heterocycles. The number of alkyl halides is 3. The van der Waals surface area contributed by atoms with Crippen LogP contribution in [0.2, 0.25) is 0 Å². The van der Waals surface area contributed by atoms with Crippen molar-refractivity contribution < 1.29 is 26.4 Å². The summed E-state index contributed by atoms with van der Waals surface area (Å²) in [5.74, 6) is -0.353. The average molecular weight is 435 g/mol. The molecule has 1 saturated carbocycles. The van der Waals surface area contributed by atoms with E-state index in [0.717, 1.165) is 25.0 Å². The Labute approximate surface area is 170 Å². The average Bonchev–Trinajstić information content (AvgIpc) is 2.59. The maximum Gasteiger partial charge on any atom is 0.416 e. The van der Waals surface area contributed by atoms with Gasteiger partial charge in [0, 0.05) is 11.6 Å². The zero-order valence-corrected chi connectivity index (χ0v) is 17.8. The van der Waals surface area contributed by atoms with Gasteiger partial charge in [-0.05, 0) is 70.6 Å². The first-order chi connectivity index (χ1) is 13.3. The van der Waals surface area contributed by atoms with Crippen LogP contribution in [0.25, 0.3) is 0 Å². The molecule has 2 N–H and O–H groups in total. The van der Waals surface area contributed by atoms with Gasteiger partial charge in [0.15, 0.2) is 9.84 Å². The van der Waals surface area contributed by atoms with Gasteiger partial charge in [-0.25, -0.2) is 8.42 Å². The number of amides is 1. The molecule has 1 aromatic rings. The van der Waals surface area contributed by atoms with Gasteiger partial charge in [0.2, 0.25) is 5.91 Å². The number of carbonyl (C=O) groups excluding carboxylic acids is 1. The summed E-state index contributed by atoms with van der Waals surface area (Å²) in [6, 6.07) is 4.04. The summed E-state index contributed by atoms with van der Waals surface area (Å²) in [4.78, 5) is 11.6. The second-order valence-electron chi connectivity index (χ2n) is 8.70. The van der Waals surface area contributed by atoms with Gasteiger partial charge < -0.3 is 10.6 Å². The van der Waals surface area contributed by atoms with E-state index in [2.05, 4.69) is 10.6 Å². The third-order valence-electron chi connectivity index (χ3n) is 4.89. The molecule has 1 fully saturated rings.